The number of hydrogen-bond acceptors (Lipinski definition) is 4. The highest BCUT2D eigenvalue weighted by atomic mass is 79.9. The van der Waals surface area contributed by atoms with Crippen molar-refractivity contribution in [2.75, 3.05) is 18.0 Å². The minimum absolute atomic E-state index is 0.191. The zero-order valence-corrected chi connectivity index (χ0v) is 15.7. The largest absolute Gasteiger partial charge is 0.487 e. The highest BCUT2D eigenvalue weighted by Crippen LogP contribution is 2.26. The minimum atomic E-state index is 0.191. The van der Waals surface area contributed by atoms with Crippen LogP contribution in [0.4, 0.5) is 5.95 Å². The van der Waals surface area contributed by atoms with Crippen LogP contribution in [0.5, 0.6) is 5.75 Å². The molecule has 4 nitrogen and oxygen atoms in total. The predicted octanol–water partition coefficient (Wildman–Crippen LogP) is 4.58. The fourth-order valence-corrected chi connectivity index (χ4v) is 3.06. The SMILES string of the molecule is C=C(C)C[C@@H](C)c1ccc(OC2CN(c3ncc(Br)cn3)C2)cc1. The van der Waals surface area contributed by atoms with E-state index in [2.05, 4.69) is 75.5 Å². The van der Waals surface area contributed by atoms with Gasteiger partial charge in [0.2, 0.25) is 5.95 Å². The average molecular weight is 388 g/mol. The summed E-state index contributed by atoms with van der Waals surface area (Å²) in [5.41, 5.74) is 2.54. The van der Waals surface area contributed by atoms with Gasteiger partial charge in [0.1, 0.15) is 11.9 Å². The molecule has 5 heteroatoms. The first-order valence-electron chi connectivity index (χ1n) is 8.15. The summed E-state index contributed by atoms with van der Waals surface area (Å²) in [7, 11) is 0. The van der Waals surface area contributed by atoms with Crippen molar-refractivity contribution in [2.45, 2.75) is 32.3 Å². The Hall–Kier alpha value is -1.88. The molecule has 1 atom stereocenters. The van der Waals surface area contributed by atoms with Crippen LogP contribution in [0.25, 0.3) is 0 Å². The second kappa shape index (κ2) is 7.34. The summed E-state index contributed by atoms with van der Waals surface area (Å²) in [6.45, 7) is 9.92. The molecule has 1 fully saturated rings. The second-order valence-corrected chi connectivity index (χ2v) is 7.39. The molecule has 24 heavy (non-hydrogen) atoms. The van der Waals surface area contributed by atoms with E-state index in [0.717, 1.165) is 35.7 Å². The van der Waals surface area contributed by atoms with E-state index in [0.29, 0.717) is 5.92 Å². The van der Waals surface area contributed by atoms with E-state index < -0.39 is 0 Å². The maximum absolute atomic E-state index is 6.02. The lowest BCUT2D eigenvalue weighted by atomic mass is 9.95. The van der Waals surface area contributed by atoms with Gasteiger partial charge < -0.3 is 9.64 Å². The van der Waals surface area contributed by atoms with Gasteiger partial charge in [0.15, 0.2) is 0 Å². The van der Waals surface area contributed by atoms with Crippen molar-refractivity contribution in [2.24, 2.45) is 0 Å². The van der Waals surface area contributed by atoms with Crippen molar-refractivity contribution in [3.8, 4) is 5.75 Å². The molecule has 0 radical (unpaired) electrons. The van der Waals surface area contributed by atoms with Gasteiger partial charge in [0.25, 0.3) is 0 Å². The molecule has 0 spiro atoms. The molecule has 3 rings (SSSR count). The van der Waals surface area contributed by atoms with E-state index in [1.165, 1.54) is 11.1 Å². The molecule has 0 aliphatic carbocycles. The Morgan fingerprint density at radius 1 is 1.29 bits per heavy atom. The number of anilines is 1. The van der Waals surface area contributed by atoms with Crippen LogP contribution in [0.15, 0.2) is 53.3 Å². The number of halogens is 1. The molecule has 1 saturated heterocycles. The lowest BCUT2D eigenvalue weighted by molar-refractivity contribution is 0.166. The van der Waals surface area contributed by atoms with Gasteiger partial charge in [-0.1, -0.05) is 24.6 Å². The van der Waals surface area contributed by atoms with Gasteiger partial charge in [-0.05, 0) is 52.9 Å². The van der Waals surface area contributed by atoms with Crippen molar-refractivity contribution < 1.29 is 4.74 Å². The highest BCUT2D eigenvalue weighted by Gasteiger charge is 2.30. The van der Waals surface area contributed by atoms with E-state index >= 15 is 0 Å². The van der Waals surface area contributed by atoms with Crippen molar-refractivity contribution in [1.29, 1.82) is 0 Å². The number of rotatable bonds is 6. The Morgan fingerprint density at radius 2 is 1.92 bits per heavy atom. The van der Waals surface area contributed by atoms with Crippen LogP contribution < -0.4 is 9.64 Å². The number of allylic oxidation sites excluding steroid dienone is 1. The molecule has 0 N–H and O–H groups in total. The summed E-state index contributed by atoms with van der Waals surface area (Å²) >= 11 is 3.35. The zero-order chi connectivity index (χ0) is 17.1. The normalized spacial score (nSPS) is 15.7. The fourth-order valence-electron chi connectivity index (χ4n) is 2.85. The molecule has 0 saturated carbocycles. The van der Waals surface area contributed by atoms with Crippen molar-refractivity contribution >= 4 is 21.9 Å². The van der Waals surface area contributed by atoms with E-state index in [4.69, 9.17) is 4.74 Å². The molecule has 0 amide bonds. The summed E-state index contributed by atoms with van der Waals surface area (Å²) in [6.07, 6.45) is 4.74. The predicted molar refractivity (Wildman–Crippen MR) is 101 cm³/mol. The van der Waals surface area contributed by atoms with E-state index in [9.17, 15) is 0 Å². The summed E-state index contributed by atoms with van der Waals surface area (Å²) in [5.74, 6) is 2.16. The van der Waals surface area contributed by atoms with Crippen molar-refractivity contribution in [3.63, 3.8) is 0 Å². The van der Waals surface area contributed by atoms with Crippen molar-refractivity contribution in [3.05, 3.63) is 58.8 Å². The molecule has 1 aromatic heterocycles. The van der Waals surface area contributed by atoms with Crippen molar-refractivity contribution in [1.82, 2.24) is 9.97 Å². The minimum Gasteiger partial charge on any atom is -0.487 e. The molecule has 1 aliphatic rings. The smallest absolute Gasteiger partial charge is 0.225 e. The number of benzene rings is 1. The van der Waals surface area contributed by atoms with Gasteiger partial charge in [-0.3, -0.25) is 0 Å². The third-order valence-corrected chi connectivity index (χ3v) is 4.55. The fraction of sp³-hybridized carbons (Fsp3) is 0.368. The van der Waals surface area contributed by atoms with Crippen LogP contribution in [0.3, 0.4) is 0 Å². The number of nitrogens with zero attached hydrogens (tertiary/aromatic N) is 3. The van der Waals surface area contributed by atoms with Crippen LogP contribution >= 0.6 is 15.9 Å². The lowest BCUT2D eigenvalue weighted by Gasteiger charge is -2.38. The molecular weight excluding hydrogens is 366 g/mol. The number of hydrogen-bond donors (Lipinski definition) is 0. The second-order valence-electron chi connectivity index (χ2n) is 6.48. The molecule has 0 bridgehead atoms. The summed E-state index contributed by atoms with van der Waals surface area (Å²) in [4.78, 5) is 10.7. The molecular formula is C19H22BrN3O. The van der Waals surface area contributed by atoms with E-state index in [1.54, 1.807) is 12.4 Å². The lowest BCUT2D eigenvalue weighted by Crippen LogP contribution is -2.54. The van der Waals surface area contributed by atoms with E-state index in [-0.39, 0.29) is 6.10 Å². The zero-order valence-electron chi connectivity index (χ0n) is 14.1. The Balaban J connectivity index is 1.51. The van der Waals surface area contributed by atoms with Gasteiger partial charge in [0.05, 0.1) is 17.6 Å². The standard InChI is InChI=1S/C19H22BrN3O/c1-13(2)8-14(3)15-4-6-17(7-5-15)24-18-11-23(12-18)19-21-9-16(20)10-22-19/h4-7,9-10,14,18H,1,8,11-12H2,2-3H3/t14-/m1/s1. The monoisotopic (exact) mass is 387 g/mol. The highest BCUT2D eigenvalue weighted by molar-refractivity contribution is 9.10. The third-order valence-electron chi connectivity index (χ3n) is 4.14. The first-order valence-corrected chi connectivity index (χ1v) is 8.94. The Morgan fingerprint density at radius 3 is 2.50 bits per heavy atom. The maximum atomic E-state index is 6.02. The van der Waals surface area contributed by atoms with Crippen LogP contribution in [0.2, 0.25) is 0 Å². The quantitative estimate of drug-likeness (QED) is 0.680. The van der Waals surface area contributed by atoms with Gasteiger partial charge in [-0.2, -0.15) is 0 Å². The van der Waals surface area contributed by atoms with Crippen LogP contribution in [0.1, 0.15) is 31.7 Å². The topological polar surface area (TPSA) is 38.2 Å². The molecule has 126 valence electrons. The van der Waals surface area contributed by atoms with Gasteiger partial charge >= 0.3 is 0 Å². The maximum Gasteiger partial charge on any atom is 0.225 e. The summed E-state index contributed by atoms with van der Waals surface area (Å²) < 4.78 is 6.91. The van der Waals surface area contributed by atoms with Crippen LogP contribution in [-0.4, -0.2) is 29.2 Å². The third kappa shape index (κ3) is 4.15. The van der Waals surface area contributed by atoms with Crippen LogP contribution in [-0.2, 0) is 0 Å². The first-order chi connectivity index (χ1) is 11.5. The Kier molecular flexibility index (Phi) is 5.19. The molecule has 2 aromatic rings. The molecule has 2 heterocycles. The molecule has 0 unspecified atom stereocenters. The Labute approximate surface area is 151 Å². The average Bonchev–Trinajstić information content (AvgIpc) is 2.51. The number of aromatic nitrogens is 2. The number of ether oxygens (including phenoxy) is 1. The van der Waals surface area contributed by atoms with Gasteiger partial charge in [0, 0.05) is 12.4 Å². The summed E-state index contributed by atoms with van der Waals surface area (Å²) in [5, 5.41) is 0. The first kappa shape index (κ1) is 17.0. The molecule has 1 aliphatic heterocycles. The van der Waals surface area contributed by atoms with Gasteiger partial charge in [-0.25, -0.2) is 9.97 Å². The van der Waals surface area contributed by atoms with Crippen LogP contribution in [0, 0.1) is 0 Å². The van der Waals surface area contributed by atoms with E-state index in [1.807, 2.05) is 0 Å². The summed E-state index contributed by atoms with van der Waals surface area (Å²) in [6, 6.07) is 8.42. The van der Waals surface area contributed by atoms with Gasteiger partial charge in [-0.15, -0.1) is 6.58 Å². The Bertz CT molecular complexity index is 694. The molecule has 1 aromatic carbocycles.